The number of rotatable bonds is 1. The van der Waals surface area contributed by atoms with Crippen LogP contribution in [0.3, 0.4) is 0 Å². The molecule has 1 aliphatic heterocycles. The number of fused-ring (bicyclic) bond motifs is 2. The third kappa shape index (κ3) is 2.36. The topological polar surface area (TPSA) is 33.2 Å². The summed E-state index contributed by atoms with van der Waals surface area (Å²) in [5, 5.41) is 0.693. The Balaban J connectivity index is 1.76. The van der Waals surface area contributed by atoms with Gasteiger partial charge in [-0.1, -0.05) is 24.3 Å². The van der Waals surface area contributed by atoms with Crippen LogP contribution in [0.5, 0.6) is 0 Å². The monoisotopic (exact) mass is 306 g/mol. The average Bonchev–Trinajstić information content (AvgIpc) is 2.97. The highest BCUT2D eigenvalue weighted by Gasteiger charge is 2.25. The predicted octanol–water partition coefficient (Wildman–Crippen LogP) is 3.84. The molecule has 0 saturated heterocycles. The molecule has 114 valence electrons. The van der Waals surface area contributed by atoms with Gasteiger partial charge in [0.15, 0.2) is 0 Å². The minimum atomic E-state index is -0.345. The normalized spacial score (nSPS) is 13.4. The maximum absolute atomic E-state index is 13.4. The summed E-state index contributed by atoms with van der Waals surface area (Å²) in [4.78, 5) is 19.1. The third-order valence-corrected chi connectivity index (χ3v) is 4.26. The van der Waals surface area contributed by atoms with Gasteiger partial charge in [0.1, 0.15) is 5.82 Å². The molecule has 2 heterocycles. The van der Waals surface area contributed by atoms with Crippen LogP contribution < -0.4 is 0 Å². The molecule has 0 saturated carbocycles. The third-order valence-electron chi connectivity index (χ3n) is 4.26. The summed E-state index contributed by atoms with van der Waals surface area (Å²) in [5.41, 5.74) is 4.18. The highest BCUT2D eigenvalue weighted by molar-refractivity contribution is 6.06. The van der Waals surface area contributed by atoms with Crippen LogP contribution in [-0.4, -0.2) is 15.8 Å². The molecule has 4 rings (SSSR count). The fraction of sp³-hybridized carbons (Fsp3) is 0.158. The van der Waals surface area contributed by atoms with Gasteiger partial charge in [-0.3, -0.25) is 9.78 Å². The fourth-order valence-corrected chi connectivity index (χ4v) is 3.16. The maximum atomic E-state index is 13.4. The zero-order valence-corrected chi connectivity index (χ0v) is 12.7. The molecule has 0 radical (unpaired) electrons. The molecule has 2 aromatic carbocycles. The smallest absolute Gasteiger partial charge is 0.255 e. The van der Waals surface area contributed by atoms with Crippen molar-refractivity contribution in [1.29, 1.82) is 0 Å². The van der Waals surface area contributed by atoms with E-state index in [2.05, 4.69) is 4.98 Å². The number of halogens is 1. The van der Waals surface area contributed by atoms with Crippen LogP contribution in [0.25, 0.3) is 10.9 Å². The lowest BCUT2D eigenvalue weighted by atomic mass is 10.1. The molecule has 23 heavy (non-hydrogen) atoms. The van der Waals surface area contributed by atoms with Gasteiger partial charge in [0.25, 0.3) is 5.91 Å². The minimum Gasteiger partial charge on any atom is -0.330 e. The van der Waals surface area contributed by atoms with E-state index < -0.39 is 0 Å². The van der Waals surface area contributed by atoms with Crippen LogP contribution in [0.2, 0.25) is 0 Å². The van der Waals surface area contributed by atoms with Crippen molar-refractivity contribution in [2.45, 2.75) is 20.0 Å². The van der Waals surface area contributed by atoms with E-state index in [0.29, 0.717) is 35.2 Å². The van der Waals surface area contributed by atoms with Gasteiger partial charge in [0.2, 0.25) is 0 Å². The molecule has 0 unspecified atom stereocenters. The maximum Gasteiger partial charge on any atom is 0.255 e. The molecule has 0 fully saturated rings. The van der Waals surface area contributed by atoms with Gasteiger partial charge in [-0.05, 0) is 36.2 Å². The van der Waals surface area contributed by atoms with Crippen LogP contribution >= 0.6 is 0 Å². The summed E-state index contributed by atoms with van der Waals surface area (Å²) in [6.07, 6.45) is 0. The highest BCUT2D eigenvalue weighted by Crippen LogP contribution is 2.27. The second-order valence-electron chi connectivity index (χ2n) is 5.90. The quantitative estimate of drug-likeness (QED) is 0.684. The standard InChI is InChI=1S/C19H15FN2O/c1-12-8-17(16-7-6-15(20)9-18(16)21-12)19(23)22-10-13-4-2-3-5-14(13)11-22/h2-9H,10-11H2,1H3. The number of aryl methyl sites for hydroxylation is 1. The number of aromatic nitrogens is 1. The van der Waals surface area contributed by atoms with Crippen LogP contribution in [0.15, 0.2) is 48.5 Å². The molecule has 1 aromatic heterocycles. The molecule has 0 atom stereocenters. The Morgan fingerprint density at radius 1 is 1.09 bits per heavy atom. The highest BCUT2D eigenvalue weighted by atomic mass is 19.1. The molecule has 3 aromatic rings. The summed E-state index contributed by atoms with van der Waals surface area (Å²) in [7, 11) is 0. The lowest BCUT2D eigenvalue weighted by Crippen LogP contribution is -2.25. The molecule has 4 heteroatoms. The van der Waals surface area contributed by atoms with E-state index in [1.807, 2.05) is 36.1 Å². The van der Waals surface area contributed by atoms with Crippen LogP contribution in [0.1, 0.15) is 27.2 Å². The van der Waals surface area contributed by atoms with Crippen molar-refractivity contribution >= 4 is 16.8 Å². The number of nitrogens with zero attached hydrogens (tertiary/aromatic N) is 2. The predicted molar refractivity (Wildman–Crippen MR) is 86.5 cm³/mol. The van der Waals surface area contributed by atoms with Gasteiger partial charge in [-0.2, -0.15) is 0 Å². The van der Waals surface area contributed by atoms with E-state index in [0.717, 1.165) is 0 Å². The summed E-state index contributed by atoms with van der Waals surface area (Å²) >= 11 is 0. The lowest BCUT2D eigenvalue weighted by Gasteiger charge is -2.17. The van der Waals surface area contributed by atoms with Crippen molar-refractivity contribution in [1.82, 2.24) is 9.88 Å². The Bertz CT molecular complexity index is 906. The number of carbonyl (C=O) groups is 1. The Hall–Kier alpha value is -2.75. The van der Waals surface area contributed by atoms with E-state index in [-0.39, 0.29) is 11.7 Å². The second-order valence-corrected chi connectivity index (χ2v) is 5.90. The molecule has 1 aliphatic rings. The number of benzene rings is 2. The van der Waals surface area contributed by atoms with Crippen molar-refractivity contribution in [2.75, 3.05) is 0 Å². The number of pyridine rings is 1. The Kier molecular flexibility index (Phi) is 3.11. The zero-order valence-electron chi connectivity index (χ0n) is 12.7. The van der Waals surface area contributed by atoms with Crippen molar-refractivity contribution in [3.8, 4) is 0 Å². The molecule has 1 amide bonds. The minimum absolute atomic E-state index is 0.0386. The molecular weight excluding hydrogens is 291 g/mol. The van der Waals surface area contributed by atoms with E-state index in [1.165, 1.54) is 23.3 Å². The van der Waals surface area contributed by atoms with Crippen molar-refractivity contribution < 1.29 is 9.18 Å². The number of hydrogen-bond acceptors (Lipinski definition) is 2. The largest absolute Gasteiger partial charge is 0.330 e. The first kappa shape index (κ1) is 13.9. The summed E-state index contributed by atoms with van der Waals surface area (Å²) in [5.74, 6) is -0.383. The first-order valence-corrected chi connectivity index (χ1v) is 7.55. The van der Waals surface area contributed by atoms with Gasteiger partial charge < -0.3 is 4.90 Å². The molecule has 0 aliphatic carbocycles. The van der Waals surface area contributed by atoms with Gasteiger partial charge in [0.05, 0.1) is 11.1 Å². The van der Waals surface area contributed by atoms with Gasteiger partial charge in [0, 0.05) is 30.2 Å². The van der Waals surface area contributed by atoms with Gasteiger partial charge in [-0.15, -0.1) is 0 Å². The Morgan fingerprint density at radius 3 is 2.48 bits per heavy atom. The van der Waals surface area contributed by atoms with Crippen LogP contribution in [0.4, 0.5) is 4.39 Å². The van der Waals surface area contributed by atoms with E-state index >= 15 is 0 Å². The van der Waals surface area contributed by atoms with Gasteiger partial charge >= 0.3 is 0 Å². The zero-order chi connectivity index (χ0) is 16.0. The average molecular weight is 306 g/mol. The van der Waals surface area contributed by atoms with Gasteiger partial charge in [-0.25, -0.2) is 4.39 Å². The Morgan fingerprint density at radius 2 is 1.78 bits per heavy atom. The van der Waals surface area contributed by atoms with E-state index in [9.17, 15) is 9.18 Å². The SMILES string of the molecule is Cc1cc(C(=O)N2Cc3ccccc3C2)c2ccc(F)cc2n1. The van der Waals surface area contributed by atoms with Crippen LogP contribution in [0, 0.1) is 12.7 Å². The molecule has 0 spiro atoms. The number of amides is 1. The summed E-state index contributed by atoms with van der Waals surface area (Å²) in [6.45, 7) is 3.04. The van der Waals surface area contributed by atoms with Crippen molar-refractivity contribution in [3.05, 3.63) is 76.7 Å². The Labute approximate surface area is 133 Å². The van der Waals surface area contributed by atoms with E-state index in [4.69, 9.17) is 0 Å². The first-order chi connectivity index (χ1) is 11.1. The molecule has 3 nitrogen and oxygen atoms in total. The van der Waals surface area contributed by atoms with Crippen molar-refractivity contribution in [2.24, 2.45) is 0 Å². The fourth-order valence-electron chi connectivity index (χ4n) is 3.16. The first-order valence-electron chi connectivity index (χ1n) is 7.55. The second kappa shape index (κ2) is 5.16. The number of carbonyl (C=O) groups excluding carboxylic acids is 1. The molecule has 0 N–H and O–H groups in total. The summed E-state index contributed by atoms with van der Waals surface area (Å²) < 4.78 is 13.4. The lowest BCUT2D eigenvalue weighted by molar-refractivity contribution is 0.0753. The molecular formula is C19H15FN2O. The van der Waals surface area contributed by atoms with Crippen molar-refractivity contribution in [3.63, 3.8) is 0 Å². The molecule has 0 bridgehead atoms. The van der Waals surface area contributed by atoms with E-state index in [1.54, 1.807) is 12.1 Å². The van der Waals surface area contributed by atoms with Crippen LogP contribution in [-0.2, 0) is 13.1 Å². The number of hydrogen-bond donors (Lipinski definition) is 0. The summed E-state index contributed by atoms with van der Waals surface area (Å²) in [6, 6.07) is 14.2.